The van der Waals surface area contributed by atoms with E-state index in [4.69, 9.17) is 0 Å². The summed E-state index contributed by atoms with van der Waals surface area (Å²) in [6.07, 6.45) is -4.10. The van der Waals surface area contributed by atoms with Gasteiger partial charge in [0.25, 0.3) is 0 Å². The Morgan fingerprint density at radius 3 is 1.87 bits per heavy atom. The van der Waals surface area contributed by atoms with E-state index in [9.17, 15) is 44.7 Å². The summed E-state index contributed by atoms with van der Waals surface area (Å²) >= 11 is 0. The molecule has 1 aromatic rings. The summed E-state index contributed by atoms with van der Waals surface area (Å²) < 4.78 is 13.3. The zero-order valence-corrected chi connectivity index (χ0v) is 16.7. The van der Waals surface area contributed by atoms with E-state index < -0.39 is 59.2 Å². The molecule has 31 heavy (non-hydrogen) atoms. The third kappa shape index (κ3) is 3.79. The van der Waals surface area contributed by atoms with Crippen LogP contribution in [-0.2, 0) is 33.4 Å². The molecule has 5 N–H and O–H groups in total. The standard InChI is InChI=1S/C19H22O12/c1-9(20)29-16(25)18(27,30-10(2)21)19(28,31-11(3)22)17(26)13(14(23)15(17)24)12-7-5-4-6-8-12/h4-8,13-15,23-24,26-28H,1-3H3/t13?,14?,15-,17+,18-,19-/m1/s1. The van der Waals surface area contributed by atoms with Crippen molar-refractivity contribution in [3.8, 4) is 0 Å². The monoisotopic (exact) mass is 442 g/mol. The molecule has 1 saturated carbocycles. The Labute approximate surface area is 175 Å². The number of esters is 4. The highest BCUT2D eigenvalue weighted by atomic mass is 16.8. The van der Waals surface area contributed by atoms with E-state index in [0.717, 1.165) is 6.92 Å². The van der Waals surface area contributed by atoms with Gasteiger partial charge in [-0.05, 0) is 5.56 Å². The van der Waals surface area contributed by atoms with Crippen molar-refractivity contribution in [2.75, 3.05) is 0 Å². The SMILES string of the molecule is CC(=O)OC(=O)[C@@](O)(OC(C)=O)[C@](O)(OC(C)=O)[C@]1(O)C(c2ccccc2)C(O)[C@H]1O. The summed E-state index contributed by atoms with van der Waals surface area (Å²) in [6, 6.07) is 7.23. The van der Waals surface area contributed by atoms with Gasteiger partial charge in [0.15, 0.2) is 5.60 Å². The molecule has 170 valence electrons. The van der Waals surface area contributed by atoms with Crippen LogP contribution in [0.4, 0.5) is 0 Å². The maximum atomic E-state index is 12.5. The van der Waals surface area contributed by atoms with Crippen LogP contribution in [0.25, 0.3) is 0 Å². The molecular formula is C19H22O12. The van der Waals surface area contributed by atoms with E-state index in [1.165, 1.54) is 24.3 Å². The smallest absolute Gasteiger partial charge is 0.394 e. The van der Waals surface area contributed by atoms with Gasteiger partial charge in [0.1, 0.15) is 6.10 Å². The van der Waals surface area contributed by atoms with Gasteiger partial charge in [-0.25, -0.2) is 4.79 Å². The van der Waals surface area contributed by atoms with Crippen LogP contribution in [0.3, 0.4) is 0 Å². The van der Waals surface area contributed by atoms with Crippen LogP contribution in [0, 0.1) is 0 Å². The first-order valence-corrected chi connectivity index (χ1v) is 8.92. The molecule has 2 unspecified atom stereocenters. The van der Waals surface area contributed by atoms with Gasteiger partial charge in [0.05, 0.1) is 12.0 Å². The lowest BCUT2D eigenvalue weighted by Gasteiger charge is -2.60. The Bertz CT molecular complexity index is 885. The normalized spacial score (nSPS) is 28.8. The van der Waals surface area contributed by atoms with Crippen LogP contribution in [0.1, 0.15) is 32.3 Å². The van der Waals surface area contributed by atoms with Crippen molar-refractivity contribution in [2.45, 2.75) is 56.1 Å². The summed E-state index contributed by atoms with van der Waals surface area (Å²) in [5.41, 5.74) is -3.14. The van der Waals surface area contributed by atoms with Gasteiger partial charge in [-0.15, -0.1) is 0 Å². The first-order chi connectivity index (χ1) is 14.2. The fourth-order valence-electron chi connectivity index (χ4n) is 3.58. The van der Waals surface area contributed by atoms with Gasteiger partial charge in [-0.1, -0.05) is 30.3 Å². The van der Waals surface area contributed by atoms with Crippen molar-refractivity contribution in [1.82, 2.24) is 0 Å². The van der Waals surface area contributed by atoms with E-state index in [-0.39, 0.29) is 5.56 Å². The maximum absolute atomic E-state index is 12.5. The van der Waals surface area contributed by atoms with Gasteiger partial charge < -0.3 is 39.7 Å². The molecule has 1 fully saturated rings. The Balaban J connectivity index is 2.76. The van der Waals surface area contributed by atoms with Crippen molar-refractivity contribution < 1.29 is 58.9 Å². The predicted molar refractivity (Wildman–Crippen MR) is 96.4 cm³/mol. The van der Waals surface area contributed by atoms with E-state index in [0.29, 0.717) is 13.8 Å². The molecule has 0 bridgehead atoms. The van der Waals surface area contributed by atoms with Gasteiger partial charge in [-0.2, -0.15) is 0 Å². The van der Waals surface area contributed by atoms with E-state index in [1.54, 1.807) is 6.07 Å². The summed E-state index contributed by atoms with van der Waals surface area (Å²) in [6.45, 7) is 2.13. The van der Waals surface area contributed by atoms with Crippen LogP contribution in [0.5, 0.6) is 0 Å². The third-order valence-corrected chi connectivity index (χ3v) is 4.85. The van der Waals surface area contributed by atoms with E-state index in [1.807, 2.05) is 0 Å². The largest absolute Gasteiger partial charge is 0.422 e. The van der Waals surface area contributed by atoms with Crippen LogP contribution >= 0.6 is 0 Å². The summed E-state index contributed by atoms with van der Waals surface area (Å²) in [4.78, 5) is 47.1. The average molecular weight is 442 g/mol. The fraction of sp³-hybridized carbons (Fsp3) is 0.474. The minimum atomic E-state index is -4.03. The van der Waals surface area contributed by atoms with Crippen LogP contribution in [0.2, 0.25) is 0 Å². The van der Waals surface area contributed by atoms with E-state index >= 15 is 0 Å². The van der Waals surface area contributed by atoms with Gasteiger partial charge >= 0.3 is 35.5 Å². The molecule has 1 aromatic carbocycles. The number of benzene rings is 1. The number of aliphatic hydroxyl groups excluding tert-OH is 2. The van der Waals surface area contributed by atoms with Crippen LogP contribution < -0.4 is 0 Å². The van der Waals surface area contributed by atoms with Gasteiger partial charge in [-0.3, -0.25) is 14.4 Å². The number of carbonyl (C=O) groups is 4. The lowest BCUT2D eigenvalue weighted by Crippen LogP contribution is -2.85. The quantitative estimate of drug-likeness (QED) is 0.139. The molecule has 0 radical (unpaired) electrons. The zero-order chi connectivity index (χ0) is 23.8. The second kappa shape index (κ2) is 8.32. The van der Waals surface area contributed by atoms with Crippen molar-refractivity contribution in [3.63, 3.8) is 0 Å². The number of hydrogen-bond donors (Lipinski definition) is 5. The third-order valence-electron chi connectivity index (χ3n) is 4.85. The lowest BCUT2D eigenvalue weighted by atomic mass is 9.56. The predicted octanol–water partition coefficient (Wildman–Crippen LogP) is -2.17. The topological polar surface area (TPSA) is 197 Å². The van der Waals surface area contributed by atoms with Crippen molar-refractivity contribution >= 4 is 23.9 Å². The molecule has 0 aliphatic heterocycles. The molecule has 12 nitrogen and oxygen atoms in total. The van der Waals surface area contributed by atoms with Crippen molar-refractivity contribution in [2.24, 2.45) is 0 Å². The summed E-state index contributed by atoms with van der Waals surface area (Å²) in [7, 11) is 0. The first kappa shape index (κ1) is 24.4. The zero-order valence-electron chi connectivity index (χ0n) is 16.7. The van der Waals surface area contributed by atoms with Crippen LogP contribution in [0.15, 0.2) is 30.3 Å². The molecule has 0 spiro atoms. The maximum Gasteiger partial charge on any atom is 0.394 e. The second-order valence-corrected chi connectivity index (χ2v) is 7.01. The molecule has 1 aliphatic carbocycles. The fourth-order valence-corrected chi connectivity index (χ4v) is 3.58. The molecule has 0 saturated heterocycles. The minimum absolute atomic E-state index is 0.0819. The summed E-state index contributed by atoms with van der Waals surface area (Å²) in [5.74, 6) is -15.9. The first-order valence-electron chi connectivity index (χ1n) is 8.92. The Hall–Kier alpha value is -2.90. The second-order valence-electron chi connectivity index (χ2n) is 7.01. The number of carbonyl (C=O) groups excluding carboxylic acids is 4. The highest BCUT2D eigenvalue weighted by Crippen LogP contribution is 2.56. The highest BCUT2D eigenvalue weighted by molar-refractivity contribution is 5.91. The Kier molecular flexibility index (Phi) is 6.54. The van der Waals surface area contributed by atoms with Gasteiger partial charge in [0, 0.05) is 20.8 Å². The Morgan fingerprint density at radius 2 is 1.42 bits per heavy atom. The average Bonchev–Trinajstić information content (AvgIpc) is 2.66. The van der Waals surface area contributed by atoms with Crippen LogP contribution in [-0.4, -0.2) is 78.8 Å². The molecular weight excluding hydrogens is 420 g/mol. The van der Waals surface area contributed by atoms with Crippen molar-refractivity contribution in [3.05, 3.63) is 35.9 Å². The lowest BCUT2D eigenvalue weighted by molar-refractivity contribution is -0.438. The molecule has 0 heterocycles. The highest BCUT2D eigenvalue weighted by Gasteiger charge is 2.82. The van der Waals surface area contributed by atoms with Gasteiger partial charge in [0.2, 0.25) is 0 Å². The van der Waals surface area contributed by atoms with Crippen molar-refractivity contribution in [1.29, 1.82) is 0 Å². The molecule has 6 atom stereocenters. The Morgan fingerprint density at radius 1 is 0.903 bits per heavy atom. The number of aliphatic hydroxyl groups is 5. The number of rotatable bonds is 6. The number of ether oxygens (including phenoxy) is 3. The van der Waals surface area contributed by atoms with E-state index in [2.05, 4.69) is 14.2 Å². The molecule has 2 rings (SSSR count). The number of hydrogen-bond acceptors (Lipinski definition) is 12. The summed E-state index contributed by atoms with van der Waals surface area (Å²) in [5, 5.41) is 54.0. The molecule has 12 heteroatoms. The molecule has 0 aromatic heterocycles. The molecule has 1 aliphatic rings. The molecule has 0 amide bonds. The minimum Gasteiger partial charge on any atom is -0.422 e.